The van der Waals surface area contributed by atoms with Gasteiger partial charge in [0.1, 0.15) is 0 Å². The molecule has 4 rings (SSSR count). The summed E-state index contributed by atoms with van der Waals surface area (Å²) in [6.07, 6.45) is -3.28. The predicted molar refractivity (Wildman–Crippen MR) is 105 cm³/mol. The van der Waals surface area contributed by atoms with E-state index >= 15 is 0 Å². The minimum Gasteiger partial charge on any atom is -0.274 e. The fraction of sp³-hybridized carbons (Fsp3) is 0.150. The van der Waals surface area contributed by atoms with E-state index in [4.69, 9.17) is 0 Å². The molecular formula is C20H16F3N5S. The van der Waals surface area contributed by atoms with Crippen molar-refractivity contribution in [3.8, 4) is 17.1 Å². The van der Waals surface area contributed by atoms with E-state index in [2.05, 4.69) is 15.3 Å². The van der Waals surface area contributed by atoms with Crippen molar-refractivity contribution in [2.75, 3.05) is 0 Å². The molecule has 0 aliphatic heterocycles. The van der Waals surface area contributed by atoms with Crippen LogP contribution in [0.3, 0.4) is 0 Å². The highest BCUT2D eigenvalue weighted by Crippen LogP contribution is 2.37. The van der Waals surface area contributed by atoms with E-state index in [0.717, 1.165) is 10.2 Å². The lowest BCUT2D eigenvalue weighted by Crippen LogP contribution is -2.09. The van der Waals surface area contributed by atoms with Crippen LogP contribution in [0.15, 0.2) is 72.0 Å². The van der Waals surface area contributed by atoms with Gasteiger partial charge in [0.15, 0.2) is 16.7 Å². The Morgan fingerprint density at radius 3 is 2.24 bits per heavy atom. The third-order valence-corrected chi connectivity index (χ3v) is 5.20. The number of hydrogen-bond donors (Lipinski definition) is 0. The Kier molecular flexibility index (Phi) is 5.14. The van der Waals surface area contributed by atoms with Crippen LogP contribution in [0.1, 0.15) is 11.3 Å². The summed E-state index contributed by atoms with van der Waals surface area (Å²) in [6.45, 7) is 0. The van der Waals surface area contributed by atoms with E-state index < -0.39 is 11.9 Å². The van der Waals surface area contributed by atoms with Gasteiger partial charge in [0, 0.05) is 24.7 Å². The van der Waals surface area contributed by atoms with Crippen LogP contribution in [0.4, 0.5) is 13.2 Å². The maximum Gasteiger partial charge on any atom is 0.435 e. The van der Waals surface area contributed by atoms with Crippen molar-refractivity contribution < 1.29 is 13.2 Å². The molecule has 2 heterocycles. The minimum atomic E-state index is -4.60. The Balaban J connectivity index is 1.81. The molecular weight excluding hydrogens is 399 g/mol. The number of thioether (sulfide) groups is 1. The van der Waals surface area contributed by atoms with Crippen LogP contribution in [0, 0.1) is 0 Å². The zero-order valence-corrected chi connectivity index (χ0v) is 16.2. The quantitative estimate of drug-likeness (QED) is 0.432. The molecule has 0 unspecified atom stereocenters. The largest absolute Gasteiger partial charge is 0.435 e. The summed E-state index contributed by atoms with van der Waals surface area (Å²) >= 11 is 1.41. The van der Waals surface area contributed by atoms with Crippen LogP contribution in [0.5, 0.6) is 0 Å². The summed E-state index contributed by atoms with van der Waals surface area (Å²) in [5.41, 5.74) is 0.672. The summed E-state index contributed by atoms with van der Waals surface area (Å²) in [4.78, 5) is 0. The van der Waals surface area contributed by atoms with Crippen molar-refractivity contribution in [2.24, 2.45) is 7.05 Å². The molecule has 9 heteroatoms. The molecule has 5 nitrogen and oxygen atoms in total. The van der Waals surface area contributed by atoms with Crippen LogP contribution < -0.4 is 0 Å². The number of benzene rings is 2. The standard InChI is InChI=1S/C20H16F3N5S/c1-27-12-16(17(26-27)20(21,22)23)18-24-25-19(28(18)15-10-6-3-7-11-15)29-13-14-8-4-2-5-9-14/h2-12H,13H2,1H3. The Morgan fingerprint density at radius 2 is 1.59 bits per heavy atom. The van der Waals surface area contributed by atoms with Gasteiger partial charge in [-0.3, -0.25) is 9.25 Å². The second-order valence-corrected chi connectivity index (χ2v) is 7.26. The summed E-state index contributed by atoms with van der Waals surface area (Å²) in [5.74, 6) is 0.720. The first-order valence-corrected chi connectivity index (χ1v) is 9.71. The summed E-state index contributed by atoms with van der Waals surface area (Å²) in [7, 11) is 1.45. The lowest BCUT2D eigenvalue weighted by Gasteiger charge is -2.11. The fourth-order valence-corrected chi connectivity index (χ4v) is 3.84. The van der Waals surface area contributed by atoms with Crippen LogP contribution in [0.2, 0.25) is 0 Å². The second kappa shape index (κ2) is 7.75. The van der Waals surface area contributed by atoms with Crippen LogP contribution in [-0.2, 0) is 19.0 Å². The monoisotopic (exact) mass is 415 g/mol. The highest BCUT2D eigenvalue weighted by Gasteiger charge is 2.39. The lowest BCUT2D eigenvalue weighted by molar-refractivity contribution is -0.141. The molecule has 0 bridgehead atoms. The molecule has 2 aromatic heterocycles. The van der Waals surface area contributed by atoms with Gasteiger partial charge < -0.3 is 0 Å². The first-order valence-electron chi connectivity index (χ1n) is 8.72. The number of nitrogens with zero attached hydrogens (tertiary/aromatic N) is 5. The number of para-hydroxylation sites is 1. The SMILES string of the molecule is Cn1cc(-c2nnc(SCc3ccccc3)n2-c2ccccc2)c(C(F)(F)F)n1. The van der Waals surface area contributed by atoms with E-state index in [1.807, 2.05) is 60.7 Å². The molecule has 0 atom stereocenters. The van der Waals surface area contributed by atoms with Gasteiger partial charge in [0.2, 0.25) is 0 Å². The first kappa shape index (κ1) is 19.3. The van der Waals surface area contributed by atoms with Gasteiger partial charge in [0.25, 0.3) is 0 Å². The zero-order chi connectivity index (χ0) is 20.4. The normalized spacial score (nSPS) is 11.7. The molecule has 0 radical (unpaired) electrons. The van der Waals surface area contributed by atoms with E-state index in [1.54, 1.807) is 4.57 Å². The number of halogens is 3. The van der Waals surface area contributed by atoms with Gasteiger partial charge in [-0.15, -0.1) is 10.2 Å². The number of alkyl halides is 3. The van der Waals surface area contributed by atoms with Gasteiger partial charge in [-0.25, -0.2) is 0 Å². The van der Waals surface area contributed by atoms with Crippen LogP contribution in [0.25, 0.3) is 17.1 Å². The summed E-state index contributed by atoms with van der Waals surface area (Å²) in [5, 5.41) is 12.4. The van der Waals surface area contributed by atoms with Crippen molar-refractivity contribution in [1.29, 1.82) is 0 Å². The first-order chi connectivity index (χ1) is 13.9. The van der Waals surface area contributed by atoms with Crippen molar-refractivity contribution in [3.05, 3.63) is 78.1 Å². The Morgan fingerprint density at radius 1 is 0.931 bits per heavy atom. The van der Waals surface area contributed by atoms with Crippen LogP contribution >= 0.6 is 11.8 Å². The number of aromatic nitrogens is 5. The molecule has 0 aliphatic rings. The fourth-order valence-electron chi connectivity index (χ4n) is 2.93. The van der Waals surface area contributed by atoms with Crippen molar-refractivity contribution in [1.82, 2.24) is 24.5 Å². The molecule has 148 valence electrons. The van der Waals surface area contributed by atoms with Crippen molar-refractivity contribution in [2.45, 2.75) is 17.1 Å². The average Bonchev–Trinajstić information content (AvgIpc) is 3.31. The number of aryl methyl sites for hydroxylation is 1. The smallest absolute Gasteiger partial charge is 0.274 e. The maximum atomic E-state index is 13.5. The molecule has 29 heavy (non-hydrogen) atoms. The molecule has 0 aliphatic carbocycles. The second-order valence-electron chi connectivity index (χ2n) is 6.31. The molecule has 0 amide bonds. The molecule has 4 aromatic rings. The molecule has 0 fully saturated rings. The Labute approximate surface area is 169 Å². The number of rotatable bonds is 5. The molecule has 0 saturated carbocycles. The highest BCUT2D eigenvalue weighted by molar-refractivity contribution is 7.98. The van der Waals surface area contributed by atoms with E-state index in [0.29, 0.717) is 16.6 Å². The van der Waals surface area contributed by atoms with E-state index in [9.17, 15) is 13.2 Å². The summed E-state index contributed by atoms with van der Waals surface area (Å²) < 4.78 is 43.3. The predicted octanol–water partition coefficient (Wildman–Crippen LogP) is 4.98. The zero-order valence-electron chi connectivity index (χ0n) is 15.3. The molecule has 0 spiro atoms. The van der Waals surface area contributed by atoms with Gasteiger partial charge >= 0.3 is 6.18 Å². The maximum absolute atomic E-state index is 13.5. The van der Waals surface area contributed by atoms with Gasteiger partial charge in [-0.05, 0) is 17.7 Å². The molecule has 0 saturated heterocycles. The molecule has 2 aromatic carbocycles. The topological polar surface area (TPSA) is 48.5 Å². The van der Waals surface area contributed by atoms with E-state index in [1.165, 1.54) is 25.0 Å². The Bertz CT molecular complexity index is 1100. The lowest BCUT2D eigenvalue weighted by atomic mass is 10.2. The van der Waals surface area contributed by atoms with Gasteiger partial charge in [0.05, 0.1) is 5.56 Å². The third kappa shape index (κ3) is 4.04. The van der Waals surface area contributed by atoms with Crippen LogP contribution in [-0.4, -0.2) is 24.5 Å². The minimum absolute atomic E-state index is 0.104. The highest BCUT2D eigenvalue weighted by atomic mass is 32.2. The summed E-state index contributed by atoms with van der Waals surface area (Å²) in [6, 6.07) is 18.9. The Hall–Kier alpha value is -3.07. The van der Waals surface area contributed by atoms with Crippen molar-refractivity contribution >= 4 is 11.8 Å². The van der Waals surface area contributed by atoms with E-state index in [-0.39, 0.29) is 11.4 Å². The number of hydrogen-bond acceptors (Lipinski definition) is 4. The molecule has 0 N–H and O–H groups in total. The van der Waals surface area contributed by atoms with Gasteiger partial charge in [-0.1, -0.05) is 60.3 Å². The van der Waals surface area contributed by atoms with Crippen molar-refractivity contribution in [3.63, 3.8) is 0 Å². The van der Waals surface area contributed by atoms with Gasteiger partial charge in [-0.2, -0.15) is 18.3 Å². The average molecular weight is 415 g/mol. The third-order valence-electron chi connectivity index (χ3n) is 4.20.